The summed E-state index contributed by atoms with van der Waals surface area (Å²) in [7, 11) is 1.95. The van der Waals surface area contributed by atoms with E-state index in [9.17, 15) is 4.79 Å². The predicted molar refractivity (Wildman–Crippen MR) is 48.1 cm³/mol. The Bertz CT molecular complexity index is 218. The molecule has 0 saturated carbocycles. The van der Waals surface area contributed by atoms with Crippen LogP contribution in [0.4, 0.5) is 0 Å². The number of hydrogen-bond acceptors (Lipinski definition) is 2. The van der Waals surface area contributed by atoms with Gasteiger partial charge in [0.05, 0.1) is 6.54 Å². The van der Waals surface area contributed by atoms with Gasteiger partial charge in [-0.1, -0.05) is 0 Å². The van der Waals surface area contributed by atoms with Crippen LogP contribution in [-0.2, 0) is 11.2 Å². The quantitative estimate of drug-likeness (QED) is 0.653. The van der Waals surface area contributed by atoms with Crippen LogP contribution in [0, 0.1) is 0 Å². The van der Waals surface area contributed by atoms with E-state index in [1.807, 2.05) is 24.3 Å². The molecule has 0 amide bonds. The van der Waals surface area contributed by atoms with Crippen molar-refractivity contribution in [1.29, 1.82) is 0 Å². The van der Waals surface area contributed by atoms with Gasteiger partial charge in [-0.05, 0) is 25.1 Å². The van der Waals surface area contributed by atoms with Crippen LogP contribution in [0.1, 0.15) is 5.56 Å². The number of likely N-dealkylation sites (N-methyl/N-ethyl adjacent to an activating group) is 1. The maximum absolute atomic E-state index is 10.1. The van der Waals surface area contributed by atoms with Gasteiger partial charge in [-0.15, -0.1) is 0 Å². The van der Waals surface area contributed by atoms with Gasteiger partial charge >= 0.3 is 0 Å². The highest BCUT2D eigenvalue weighted by atomic mass is 16.1. The van der Waals surface area contributed by atoms with Crippen molar-refractivity contribution >= 4 is 6.29 Å². The van der Waals surface area contributed by atoms with Crippen molar-refractivity contribution in [2.24, 2.45) is 0 Å². The molecule has 66 valence electrons. The summed E-state index contributed by atoms with van der Waals surface area (Å²) in [6.07, 6.45) is 5.81. The Hall–Kier alpha value is -1.09. The van der Waals surface area contributed by atoms with E-state index in [4.69, 9.17) is 0 Å². The van der Waals surface area contributed by atoms with E-state index in [0.29, 0.717) is 6.54 Å². The first kappa shape index (κ1) is 9.00. The molecule has 1 aromatic heterocycles. The number of carbonyl (C=O) groups excluding carboxylic acids is 1. The molecule has 0 aliphatic rings. The van der Waals surface area contributed by atoms with Gasteiger partial charge in [0.1, 0.15) is 6.29 Å². The molecule has 0 atom stereocenters. The molecule has 3 nitrogen and oxygen atoms in total. The van der Waals surface area contributed by atoms with Crippen LogP contribution in [0.25, 0.3) is 0 Å². The van der Waals surface area contributed by atoms with Crippen molar-refractivity contribution in [3.63, 3.8) is 0 Å². The lowest BCUT2D eigenvalue weighted by molar-refractivity contribution is -0.108. The van der Waals surface area contributed by atoms with Gasteiger partial charge in [-0.3, -0.25) is 4.90 Å². The molecule has 12 heavy (non-hydrogen) atoms. The summed E-state index contributed by atoms with van der Waals surface area (Å²) in [5.41, 5.74) is 1.28. The molecule has 0 aromatic carbocycles. The molecular weight excluding hydrogens is 152 g/mol. The highest BCUT2D eigenvalue weighted by molar-refractivity contribution is 5.51. The van der Waals surface area contributed by atoms with Crippen LogP contribution in [0.2, 0.25) is 0 Å². The number of aromatic amines is 1. The normalized spacial score (nSPS) is 10.5. The van der Waals surface area contributed by atoms with Crippen molar-refractivity contribution in [1.82, 2.24) is 9.88 Å². The average Bonchev–Trinajstić information content (AvgIpc) is 2.53. The lowest BCUT2D eigenvalue weighted by Gasteiger charge is -2.11. The largest absolute Gasteiger partial charge is 0.367 e. The van der Waals surface area contributed by atoms with E-state index >= 15 is 0 Å². The van der Waals surface area contributed by atoms with Gasteiger partial charge in [0.15, 0.2) is 0 Å². The Balaban J connectivity index is 2.21. The SMILES string of the molecule is CN(CC=O)CCc1cc[nH]c1. The Morgan fingerprint density at radius 2 is 2.50 bits per heavy atom. The molecule has 0 saturated heterocycles. The van der Waals surface area contributed by atoms with Crippen molar-refractivity contribution in [3.8, 4) is 0 Å². The molecule has 0 aliphatic heterocycles. The number of hydrogen-bond donors (Lipinski definition) is 1. The number of aromatic nitrogens is 1. The fourth-order valence-corrected chi connectivity index (χ4v) is 1.05. The molecule has 0 unspecified atom stereocenters. The highest BCUT2D eigenvalue weighted by Crippen LogP contribution is 1.98. The maximum Gasteiger partial charge on any atom is 0.133 e. The molecular formula is C9H14N2O. The topological polar surface area (TPSA) is 36.1 Å². The standard InChI is InChI=1S/C9H14N2O/c1-11(6-7-12)5-3-9-2-4-10-8-9/h2,4,7-8,10H,3,5-6H2,1H3. The van der Waals surface area contributed by atoms with E-state index in [-0.39, 0.29) is 0 Å². The molecule has 0 spiro atoms. The van der Waals surface area contributed by atoms with Gasteiger partial charge < -0.3 is 9.78 Å². The van der Waals surface area contributed by atoms with Crippen molar-refractivity contribution < 1.29 is 4.79 Å². The van der Waals surface area contributed by atoms with E-state index in [1.54, 1.807) is 0 Å². The average molecular weight is 166 g/mol. The van der Waals surface area contributed by atoms with E-state index in [0.717, 1.165) is 19.3 Å². The molecule has 1 aromatic rings. The number of aldehydes is 1. The van der Waals surface area contributed by atoms with Gasteiger partial charge in [0.2, 0.25) is 0 Å². The minimum absolute atomic E-state index is 0.518. The van der Waals surface area contributed by atoms with E-state index in [1.165, 1.54) is 5.56 Å². The molecule has 1 rings (SSSR count). The zero-order valence-corrected chi connectivity index (χ0v) is 7.29. The van der Waals surface area contributed by atoms with Crippen LogP contribution < -0.4 is 0 Å². The van der Waals surface area contributed by atoms with Crippen LogP contribution >= 0.6 is 0 Å². The molecule has 3 heteroatoms. The highest BCUT2D eigenvalue weighted by Gasteiger charge is 1.97. The Labute approximate surface area is 72.4 Å². The summed E-state index contributed by atoms with van der Waals surface area (Å²) in [5.74, 6) is 0. The molecule has 0 fully saturated rings. The number of rotatable bonds is 5. The Kier molecular flexibility index (Phi) is 3.54. The molecule has 1 N–H and O–H groups in total. The second kappa shape index (κ2) is 4.72. The fourth-order valence-electron chi connectivity index (χ4n) is 1.05. The number of nitrogens with zero attached hydrogens (tertiary/aromatic N) is 1. The first-order valence-electron chi connectivity index (χ1n) is 4.07. The first-order chi connectivity index (χ1) is 5.83. The van der Waals surface area contributed by atoms with Crippen molar-refractivity contribution in [3.05, 3.63) is 24.0 Å². The van der Waals surface area contributed by atoms with Gasteiger partial charge in [-0.2, -0.15) is 0 Å². The van der Waals surface area contributed by atoms with Gasteiger partial charge in [0.25, 0.3) is 0 Å². The van der Waals surface area contributed by atoms with Gasteiger partial charge in [0, 0.05) is 18.9 Å². The smallest absolute Gasteiger partial charge is 0.133 e. The van der Waals surface area contributed by atoms with Crippen molar-refractivity contribution in [2.75, 3.05) is 20.1 Å². The summed E-state index contributed by atoms with van der Waals surface area (Å²) < 4.78 is 0. The third-order valence-corrected chi connectivity index (χ3v) is 1.83. The summed E-state index contributed by atoms with van der Waals surface area (Å²) >= 11 is 0. The zero-order chi connectivity index (χ0) is 8.81. The summed E-state index contributed by atoms with van der Waals surface area (Å²) in [4.78, 5) is 15.1. The third kappa shape index (κ3) is 2.88. The minimum Gasteiger partial charge on any atom is -0.367 e. The monoisotopic (exact) mass is 166 g/mol. The number of nitrogens with one attached hydrogen (secondary N) is 1. The summed E-state index contributed by atoms with van der Waals surface area (Å²) in [6, 6.07) is 2.05. The lowest BCUT2D eigenvalue weighted by Crippen LogP contribution is -2.22. The van der Waals surface area contributed by atoms with Crippen molar-refractivity contribution in [2.45, 2.75) is 6.42 Å². The molecule has 1 heterocycles. The zero-order valence-electron chi connectivity index (χ0n) is 7.29. The molecule has 0 aliphatic carbocycles. The summed E-state index contributed by atoms with van der Waals surface area (Å²) in [6.45, 7) is 1.45. The second-order valence-corrected chi connectivity index (χ2v) is 2.90. The van der Waals surface area contributed by atoms with E-state index < -0.39 is 0 Å². The number of carbonyl (C=O) groups is 1. The summed E-state index contributed by atoms with van der Waals surface area (Å²) in [5, 5.41) is 0. The molecule has 0 bridgehead atoms. The second-order valence-electron chi connectivity index (χ2n) is 2.90. The Morgan fingerprint density at radius 1 is 1.67 bits per heavy atom. The fraction of sp³-hybridized carbons (Fsp3) is 0.444. The van der Waals surface area contributed by atoms with Crippen LogP contribution in [0.15, 0.2) is 18.5 Å². The maximum atomic E-state index is 10.1. The van der Waals surface area contributed by atoms with Crippen LogP contribution in [0.5, 0.6) is 0 Å². The van der Waals surface area contributed by atoms with Crippen LogP contribution in [-0.4, -0.2) is 36.3 Å². The van der Waals surface area contributed by atoms with Gasteiger partial charge in [-0.25, -0.2) is 0 Å². The third-order valence-electron chi connectivity index (χ3n) is 1.83. The number of H-pyrrole nitrogens is 1. The first-order valence-corrected chi connectivity index (χ1v) is 4.07. The lowest BCUT2D eigenvalue weighted by atomic mass is 10.2. The predicted octanol–water partition coefficient (Wildman–Crippen LogP) is 0.688. The minimum atomic E-state index is 0.518. The Morgan fingerprint density at radius 3 is 3.08 bits per heavy atom. The van der Waals surface area contributed by atoms with Crippen LogP contribution in [0.3, 0.4) is 0 Å². The molecule has 0 radical (unpaired) electrons. The van der Waals surface area contributed by atoms with E-state index in [2.05, 4.69) is 11.1 Å².